The Bertz CT molecular complexity index is 719. The average Bonchev–Trinajstić information content (AvgIpc) is 2.97. The summed E-state index contributed by atoms with van der Waals surface area (Å²) in [5, 5.41) is 3.29. The van der Waals surface area contributed by atoms with Crippen molar-refractivity contribution in [2.45, 2.75) is 13.8 Å². The number of hydrogen-bond donors (Lipinski definition) is 1. The summed E-state index contributed by atoms with van der Waals surface area (Å²) in [6, 6.07) is 8.13. The number of imidazole rings is 1. The third-order valence-electron chi connectivity index (χ3n) is 3.20. The van der Waals surface area contributed by atoms with E-state index >= 15 is 0 Å². The van der Waals surface area contributed by atoms with Crippen molar-refractivity contribution in [3.8, 4) is 5.82 Å². The molecule has 0 saturated heterocycles. The zero-order valence-corrected chi connectivity index (χ0v) is 11.4. The summed E-state index contributed by atoms with van der Waals surface area (Å²) in [5.74, 6) is 1.54. The van der Waals surface area contributed by atoms with E-state index in [0.717, 1.165) is 17.3 Å². The Hall–Kier alpha value is -2.69. The standard InChI is InChI=1S/C15H15N5/c1-11-3-4-13(7-12(11)2)19-14-8-15(18-9-17-14)20-6-5-16-10-20/h3-10H,1-2H3,(H,17,18,19). The number of benzene rings is 1. The second-order valence-corrected chi connectivity index (χ2v) is 4.66. The van der Waals surface area contributed by atoms with Crippen molar-refractivity contribution in [3.63, 3.8) is 0 Å². The fourth-order valence-corrected chi connectivity index (χ4v) is 1.92. The van der Waals surface area contributed by atoms with Crippen molar-refractivity contribution in [1.82, 2.24) is 19.5 Å². The smallest absolute Gasteiger partial charge is 0.143 e. The molecule has 1 N–H and O–H groups in total. The molecule has 5 heteroatoms. The highest BCUT2D eigenvalue weighted by molar-refractivity contribution is 5.58. The third-order valence-corrected chi connectivity index (χ3v) is 3.20. The van der Waals surface area contributed by atoms with Gasteiger partial charge in [-0.15, -0.1) is 0 Å². The van der Waals surface area contributed by atoms with Crippen molar-refractivity contribution in [2.24, 2.45) is 0 Å². The summed E-state index contributed by atoms with van der Waals surface area (Å²) in [5.41, 5.74) is 3.54. The first-order chi connectivity index (χ1) is 9.72. The van der Waals surface area contributed by atoms with E-state index in [2.05, 4.69) is 46.2 Å². The zero-order chi connectivity index (χ0) is 13.9. The maximum absolute atomic E-state index is 4.24. The van der Waals surface area contributed by atoms with Crippen molar-refractivity contribution in [2.75, 3.05) is 5.32 Å². The first-order valence-corrected chi connectivity index (χ1v) is 6.37. The lowest BCUT2D eigenvalue weighted by atomic mass is 10.1. The number of nitrogens with zero attached hydrogens (tertiary/aromatic N) is 4. The van der Waals surface area contributed by atoms with Crippen LogP contribution in [-0.2, 0) is 0 Å². The number of aryl methyl sites for hydroxylation is 2. The van der Waals surface area contributed by atoms with Gasteiger partial charge in [-0.25, -0.2) is 15.0 Å². The first kappa shape index (κ1) is 12.3. The van der Waals surface area contributed by atoms with E-state index in [9.17, 15) is 0 Å². The molecule has 0 spiro atoms. The van der Waals surface area contributed by atoms with Gasteiger partial charge in [0.05, 0.1) is 0 Å². The number of anilines is 2. The van der Waals surface area contributed by atoms with Crippen LogP contribution in [0, 0.1) is 13.8 Å². The molecule has 0 saturated carbocycles. The molecule has 3 aromatic rings. The van der Waals surface area contributed by atoms with Gasteiger partial charge >= 0.3 is 0 Å². The fraction of sp³-hybridized carbons (Fsp3) is 0.133. The highest BCUT2D eigenvalue weighted by Crippen LogP contribution is 2.19. The predicted octanol–water partition coefficient (Wildman–Crippen LogP) is 3.02. The van der Waals surface area contributed by atoms with E-state index in [0.29, 0.717) is 0 Å². The van der Waals surface area contributed by atoms with Crippen LogP contribution in [0.15, 0.2) is 49.3 Å². The Balaban J connectivity index is 1.87. The lowest BCUT2D eigenvalue weighted by molar-refractivity contribution is 0.972. The van der Waals surface area contributed by atoms with Crippen LogP contribution in [0.1, 0.15) is 11.1 Å². The minimum Gasteiger partial charge on any atom is -0.340 e. The molecule has 2 aromatic heterocycles. The van der Waals surface area contributed by atoms with E-state index in [1.165, 1.54) is 11.1 Å². The van der Waals surface area contributed by atoms with Gasteiger partial charge in [0.1, 0.15) is 24.3 Å². The number of rotatable bonds is 3. The van der Waals surface area contributed by atoms with Crippen LogP contribution in [-0.4, -0.2) is 19.5 Å². The number of aromatic nitrogens is 4. The van der Waals surface area contributed by atoms with Gasteiger partial charge in [0, 0.05) is 24.1 Å². The summed E-state index contributed by atoms with van der Waals surface area (Å²) < 4.78 is 1.84. The van der Waals surface area contributed by atoms with Gasteiger partial charge in [-0.1, -0.05) is 6.07 Å². The summed E-state index contributed by atoms with van der Waals surface area (Å²) in [7, 11) is 0. The molecule has 0 aliphatic rings. The zero-order valence-electron chi connectivity index (χ0n) is 11.4. The van der Waals surface area contributed by atoms with Crippen LogP contribution in [0.2, 0.25) is 0 Å². The van der Waals surface area contributed by atoms with Gasteiger partial charge in [-0.2, -0.15) is 0 Å². The molecule has 0 aliphatic carbocycles. The highest BCUT2D eigenvalue weighted by Gasteiger charge is 2.02. The molecule has 0 aliphatic heterocycles. The Kier molecular flexibility index (Phi) is 3.16. The Morgan fingerprint density at radius 1 is 1.05 bits per heavy atom. The fourth-order valence-electron chi connectivity index (χ4n) is 1.92. The van der Waals surface area contributed by atoms with Crippen LogP contribution in [0.5, 0.6) is 0 Å². The largest absolute Gasteiger partial charge is 0.340 e. The topological polar surface area (TPSA) is 55.6 Å². The van der Waals surface area contributed by atoms with Crippen molar-refractivity contribution in [3.05, 3.63) is 60.4 Å². The van der Waals surface area contributed by atoms with Crippen molar-refractivity contribution < 1.29 is 0 Å². The minimum atomic E-state index is 0.756. The first-order valence-electron chi connectivity index (χ1n) is 6.37. The number of nitrogens with one attached hydrogen (secondary N) is 1. The molecule has 0 unspecified atom stereocenters. The molecule has 5 nitrogen and oxygen atoms in total. The summed E-state index contributed by atoms with van der Waals surface area (Å²) in [4.78, 5) is 12.5. The van der Waals surface area contributed by atoms with Crippen molar-refractivity contribution in [1.29, 1.82) is 0 Å². The van der Waals surface area contributed by atoms with Gasteiger partial charge in [-0.05, 0) is 37.1 Å². The monoisotopic (exact) mass is 265 g/mol. The van der Waals surface area contributed by atoms with Gasteiger partial charge in [-0.3, -0.25) is 4.57 Å². The molecule has 0 radical (unpaired) electrons. The van der Waals surface area contributed by atoms with E-state index in [1.807, 2.05) is 22.9 Å². The lowest BCUT2D eigenvalue weighted by Gasteiger charge is -2.09. The van der Waals surface area contributed by atoms with E-state index in [-0.39, 0.29) is 0 Å². The van der Waals surface area contributed by atoms with Crippen molar-refractivity contribution >= 4 is 11.5 Å². The molecule has 3 rings (SSSR count). The molecule has 0 amide bonds. The van der Waals surface area contributed by atoms with E-state index in [4.69, 9.17) is 0 Å². The van der Waals surface area contributed by atoms with Crippen LogP contribution < -0.4 is 5.32 Å². The molecule has 1 aromatic carbocycles. The van der Waals surface area contributed by atoms with Gasteiger partial charge in [0.15, 0.2) is 0 Å². The van der Waals surface area contributed by atoms with Crippen LogP contribution in [0.25, 0.3) is 5.82 Å². The second-order valence-electron chi connectivity index (χ2n) is 4.66. The molecule has 20 heavy (non-hydrogen) atoms. The summed E-state index contributed by atoms with van der Waals surface area (Å²) in [6.07, 6.45) is 6.82. The third kappa shape index (κ3) is 2.51. The van der Waals surface area contributed by atoms with Gasteiger partial charge < -0.3 is 5.32 Å². The lowest BCUT2D eigenvalue weighted by Crippen LogP contribution is -1.99. The molecule has 2 heterocycles. The molecule has 0 fully saturated rings. The number of hydrogen-bond acceptors (Lipinski definition) is 4. The Labute approximate surface area is 117 Å². The Morgan fingerprint density at radius 3 is 2.70 bits per heavy atom. The Morgan fingerprint density at radius 2 is 1.95 bits per heavy atom. The SMILES string of the molecule is Cc1ccc(Nc2cc(-n3ccnc3)ncn2)cc1C. The normalized spacial score (nSPS) is 10.5. The molecule has 0 bridgehead atoms. The van der Waals surface area contributed by atoms with Gasteiger partial charge in [0.25, 0.3) is 0 Å². The molecule has 0 atom stereocenters. The van der Waals surface area contributed by atoms with Crippen LogP contribution >= 0.6 is 0 Å². The maximum atomic E-state index is 4.24. The van der Waals surface area contributed by atoms with E-state index < -0.39 is 0 Å². The van der Waals surface area contributed by atoms with Gasteiger partial charge in [0.2, 0.25) is 0 Å². The summed E-state index contributed by atoms with van der Waals surface area (Å²) in [6.45, 7) is 4.19. The van der Waals surface area contributed by atoms with Crippen LogP contribution in [0.4, 0.5) is 11.5 Å². The second kappa shape index (κ2) is 5.13. The van der Waals surface area contributed by atoms with Crippen LogP contribution in [0.3, 0.4) is 0 Å². The molecular weight excluding hydrogens is 250 g/mol. The highest BCUT2D eigenvalue weighted by atomic mass is 15.1. The average molecular weight is 265 g/mol. The maximum Gasteiger partial charge on any atom is 0.143 e. The molecular formula is C15H15N5. The quantitative estimate of drug-likeness (QED) is 0.791. The van der Waals surface area contributed by atoms with E-state index in [1.54, 1.807) is 18.9 Å². The summed E-state index contributed by atoms with van der Waals surface area (Å²) >= 11 is 0. The molecule has 100 valence electrons. The predicted molar refractivity (Wildman–Crippen MR) is 78.4 cm³/mol. The minimum absolute atomic E-state index is 0.756.